The summed E-state index contributed by atoms with van der Waals surface area (Å²) in [4.78, 5) is 0. The van der Waals surface area contributed by atoms with E-state index < -0.39 is 10.0 Å². The van der Waals surface area contributed by atoms with Crippen LogP contribution in [0.1, 0.15) is 13.3 Å². The number of rotatable bonds is 4. The molecule has 1 rings (SSSR count). The highest BCUT2D eigenvalue weighted by Gasteiger charge is 2.11. The van der Waals surface area contributed by atoms with Crippen LogP contribution in [-0.2, 0) is 10.0 Å². The van der Waals surface area contributed by atoms with E-state index in [1.165, 1.54) is 6.20 Å². The second-order valence-corrected chi connectivity index (χ2v) is 4.46. The fourth-order valence-corrected chi connectivity index (χ4v) is 1.97. The predicted molar refractivity (Wildman–Crippen MR) is 50.7 cm³/mol. The summed E-state index contributed by atoms with van der Waals surface area (Å²) in [5.74, 6) is 0.305. The first-order valence-corrected chi connectivity index (χ1v) is 5.49. The molecular weight excluding hydrogens is 192 g/mol. The van der Waals surface area contributed by atoms with Gasteiger partial charge in [0.2, 0.25) is 10.0 Å². The average Bonchev–Trinajstić information content (AvgIpc) is 2.35. The van der Waals surface area contributed by atoms with Crippen molar-refractivity contribution in [2.45, 2.75) is 13.3 Å². The van der Waals surface area contributed by atoms with Crippen LogP contribution in [0.25, 0.3) is 0 Å². The zero-order valence-electron chi connectivity index (χ0n) is 7.24. The molecule has 1 aromatic heterocycles. The number of hydrogen-bond donors (Lipinski definition) is 3. The third kappa shape index (κ3) is 2.62. The van der Waals surface area contributed by atoms with Crippen LogP contribution in [0.2, 0.25) is 0 Å². The molecule has 0 unspecified atom stereocenters. The summed E-state index contributed by atoms with van der Waals surface area (Å²) in [5, 5.41) is 6.04. The minimum Gasteiger partial charge on any atom is -0.394 e. The summed E-state index contributed by atoms with van der Waals surface area (Å²) in [6, 6.07) is 0. The number of hydrogen-bond acceptors (Lipinski definition) is 4. The van der Waals surface area contributed by atoms with E-state index in [0.29, 0.717) is 12.1 Å². The topological polar surface area (TPSA) is 101 Å². The van der Waals surface area contributed by atoms with Gasteiger partial charge in [0.15, 0.2) is 5.82 Å². The van der Waals surface area contributed by atoms with E-state index in [1.807, 2.05) is 0 Å². The molecule has 1 heterocycles. The monoisotopic (exact) mass is 204 g/mol. The molecule has 0 fully saturated rings. The number of aromatic amines is 1. The molecule has 0 spiro atoms. The summed E-state index contributed by atoms with van der Waals surface area (Å²) >= 11 is 0. The Morgan fingerprint density at radius 3 is 2.85 bits per heavy atom. The number of nitrogens with zero attached hydrogens (tertiary/aromatic N) is 1. The molecule has 0 aliphatic rings. The molecule has 0 saturated carbocycles. The Hall–Kier alpha value is -1.24. The first-order chi connectivity index (χ1) is 6.05. The van der Waals surface area contributed by atoms with Crippen LogP contribution in [-0.4, -0.2) is 24.4 Å². The Kier molecular flexibility index (Phi) is 2.76. The molecule has 4 N–H and O–H groups in total. The first kappa shape index (κ1) is 9.85. The molecule has 6 nitrogen and oxygen atoms in total. The van der Waals surface area contributed by atoms with E-state index >= 15 is 0 Å². The largest absolute Gasteiger partial charge is 0.394 e. The molecule has 0 atom stereocenters. The van der Waals surface area contributed by atoms with E-state index in [1.54, 1.807) is 6.92 Å². The molecule has 0 bridgehead atoms. The van der Waals surface area contributed by atoms with Crippen molar-refractivity contribution in [2.75, 3.05) is 16.2 Å². The van der Waals surface area contributed by atoms with Crippen LogP contribution in [0.4, 0.5) is 11.5 Å². The molecule has 0 saturated heterocycles. The fraction of sp³-hybridized carbons (Fsp3) is 0.500. The van der Waals surface area contributed by atoms with E-state index in [9.17, 15) is 8.42 Å². The van der Waals surface area contributed by atoms with Gasteiger partial charge in [-0.2, -0.15) is 5.10 Å². The van der Waals surface area contributed by atoms with Crippen molar-refractivity contribution in [2.24, 2.45) is 0 Å². The molecule has 1 aromatic rings. The van der Waals surface area contributed by atoms with Gasteiger partial charge in [-0.05, 0) is 6.42 Å². The number of nitrogens with two attached hydrogens (primary N) is 1. The highest BCUT2D eigenvalue weighted by Crippen LogP contribution is 2.14. The average molecular weight is 204 g/mol. The van der Waals surface area contributed by atoms with Gasteiger partial charge in [-0.1, -0.05) is 6.92 Å². The summed E-state index contributed by atoms with van der Waals surface area (Å²) < 4.78 is 24.8. The maximum absolute atomic E-state index is 11.2. The van der Waals surface area contributed by atoms with Crippen molar-refractivity contribution in [3.05, 3.63) is 6.20 Å². The van der Waals surface area contributed by atoms with E-state index in [-0.39, 0.29) is 11.6 Å². The fourth-order valence-electron chi connectivity index (χ4n) is 0.852. The quantitative estimate of drug-likeness (QED) is 0.649. The Morgan fingerprint density at radius 2 is 2.38 bits per heavy atom. The van der Waals surface area contributed by atoms with Crippen molar-refractivity contribution in [1.29, 1.82) is 0 Å². The molecule has 0 aliphatic heterocycles. The number of H-pyrrole nitrogens is 1. The number of anilines is 2. The van der Waals surface area contributed by atoms with Crippen molar-refractivity contribution in [3.8, 4) is 0 Å². The molecule has 0 aliphatic carbocycles. The third-order valence-electron chi connectivity index (χ3n) is 1.40. The van der Waals surface area contributed by atoms with Gasteiger partial charge in [0.25, 0.3) is 0 Å². The van der Waals surface area contributed by atoms with Crippen molar-refractivity contribution in [3.63, 3.8) is 0 Å². The Morgan fingerprint density at radius 1 is 1.69 bits per heavy atom. The minimum absolute atomic E-state index is 0.0749. The zero-order chi connectivity index (χ0) is 9.90. The lowest BCUT2D eigenvalue weighted by Gasteiger charge is -2.04. The highest BCUT2D eigenvalue weighted by atomic mass is 32.2. The highest BCUT2D eigenvalue weighted by molar-refractivity contribution is 7.92. The zero-order valence-corrected chi connectivity index (χ0v) is 8.06. The van der Waals surface area contributed by atoms with Gasteiger partial charge in [-0.25, -0.2) is 8.42 Å². The SMILES string of the molecule is CCCS(=O)(=O)Nc1[nH]ncc1N. The van der Waals surface area contributed by atoms with Gasteiger partial charge in [0.05, 0.1) is 17.6 Å². The Bertz CT molecular complexity index is 370. The van der Waals surface area contributed by atoms with Gasteiger partial charge in [-0.3, -0.25) is 9.82 Å². The second-order valence-electron chi connectivity index (χ2n) is 2.62. The van der Waals surface area contributed by atoms with Crippen LogP contribution in [0.5, 0.6) is 0 Å². The van der Waals surface area contributed by atoms with Crippen LogP contribution in [0.3, 0.4) is 0 Å². The number of nitrogen functional groups attached to an aromatic ring is 1. The molecule has 0 amide bonds. The summed E-state index contributed by atoms with van der Waals surface area (Å²) in [7, 11) is -3.28. The summed E-state index contributed by atoms with van der Waals surface area (Å²) in [6.07, 6.45) is 1.91. The molecule has 74 valence electrons. The van der Waals surface area contributed by atoms with E-state index in [2.05, 4.69) is 14.9 Å². The summed E-state index contributed by atoms with van der Waals surface area (Å²) in [5.41, 5.74) is 5.71. The molecule has 0 radical (unpaired) electrons. The minimum atomic E-state index is -3.28. The van der Waals surface area contributed by atoms with E-state index in [0.717, 1.165) is 0 Å². The van der Waals surface area contributed by atoms with Gasteiger partial charge < -0.3 is 5.73 Å². The number of aromatic nitrogens is 2. The van der Waals surface area contributed by atoms with Crippen molar-refractivity contribution < 1.29 is 8.42 Å². The van der Waals surface area contributed by atoms with Crippen LogP contribution < -0.4 is 10.5 Å². The second kappa shape index (κ2) is 3.65. The van der Waals surface area contributed by atoms with Gasteiger partial charge in [0.1, 0.15) is 0 Å². The molecular formula is C6H12N4O2S. The lowest BCUT2D eigenvalue weighted by atomic mass is 10.6. The van der Waals surface area contributed by atoms with Gasteiger partial charge in [0, 0.05) is 0 Å². The normalized spacial score (nSPS) is 11.5. The van der Waals surface area contributed by atoms with Crippen molar-refractivity contribution >= 4 is 21.5 Å². The van der Waals surface area contributed by atoms with Crippen LogP contribution in [0, 0.1) is 0 Å². The number of sulfonamides is 1. The lowest BCUT2D eigenvalue weighted by Crippen LogP contribution is -2.17. The third-order valence-corrected chi connectivity index (χ3v) is 2.86. The molecule has 0 aromatic carbocycles. The van der Waals surface area contributed by atoms with Crippen molar-refractivity contribution in [1.82, 2.24) is 10.2 Å². The predicted octanol–water partition coefficient (Wildman–Crippen LogP) is 0.144. The molecule has 7 heteroatoms. The number of nitrogens with one attached hydrogen (secondary N) is 2. The van der Waals surface area contributed by atoms with Gasteiger partial charge in [-0.15, -0.1) is 0 Å². The van der Waals surface area contributed by atoms with Crippen LogP contribution >= 0.6 is 0 Å². The standard InChI is InChI=1S/C6H12N4O2S/c1-2-3-13(11,12)10-6-5(7)4-8-9-6/h4H,2-3,7H2,1H3,(H2,8,9,10). The summed E-state index contributed by atoms with van der Waals surface area (Å²) in [6.45, 7) is 1.79. The lowest BCUT2D eigenvalue weighted by molar-refractivity contribution is 0.599. The maximum atomic E-state index is 11.2. The van der Waals surface area contributed by atoms with Gasteiger partial charge >= 0.3 is 0 Å². The smallest absolute Gasteiger partial charge is 0.233 e. The van der Waals surface area contributed by atoms with Crippen LogP contribution in [0.15, 0.2) is 6.20 Å². The van der Waals surface area contributed by atoms with E-state index in [4.69, 9.17) is 5.73 Å². The maximum Gasteiger partial charge on any atom is 0.233 e. The first-order valence-electron chi connectivity index (χ1n) is 3.84. The Labute approximate surface area is 76.6 Å². The Balaban J connectivity index is 2.75. The molecule has 13 heavy (non-hydrogen) atoms.